The third kappa shape index (κ3) is 9.20. The number of ether oxygens (including phenoxy) is 2. The second-order valence-electron chi connectivity index (χ2n) is 8.00. The lowest BCUT2D eigenvalue weighted by Crippen LogP contribution is -2.49. The van der Waals surface area contributed by atoms with Crippen LogP contribution in [-0.4, -0.2) is 36.1 Å². The SMILES string of the molecule is CC(C)(C)Oc1ccc(C[C@@H](NC(=O)CNC(=O)OCc2ccccc2)C(N)=O)cc1. The van der Waals surface area contributed by atoms with Crippen LogP contribution in [0.15, 0.2) is 54.6 Å². The Kier molecular flexibility index (Phi) is 8.43. The number of nitrogens with one attached hydrogen (secondary N) is 2. The fraction of sp³-hybridized carbons (Fsp3) is 0.348. The summed E-state index contributed by atoms with van der Waals surface area (Å²) in [5.41, 5.74) is 6.74. The van der Waals surface area contributed by atoms with Crippen LogP contribution in [0.25, 0.3) is 0 Å². The molecule has 0 heterocycles. The summed E-state index contributed by atoms with van der Waals surface area (Å²) < 4.78 is 10.8. The lowest BCUT2D eigenvalue weighted by molar-refractivity contribution is -0.126. The van der Waals surface area contributed by atoms with E-state index in [0.717, 1.165) is 11.1 Å². The number of carbonyl (C=O) groups excluding carboxylic acids is 3. The van der Waals surface area contributed by atoms with Crippen LogP contribution in [-0.2, 0) is 27.4 Å². The van der Waals surface area contributed by atoms with Gasteiger partial charge in [0.2, 0.25) is 11.8 Å². The largest absolute Gasteiger partial charge is 0.488 e. The molecule has 0 bridgehead atoms. The van der Waals surface area contributed by atoms with E-state index in [4.69, 9.17) is 15.2 Å². The number of carbonyl (C=O) groups is 3. The number of hydrogen-bond donors (Lipinski definition) is 3. The zero-order valence-electron chi connectivity index (χ0n) is 18.0. The fourth-order valence-electron chi connectivity index (χ4n) is 2.68. The van der Waals surface area contributed by atoms with Crippen molar-refractivity contribution < 1.29 is 23.9 Å². The molecule has 2 rings (SSSR count). The average molecular weight is 428 g/mol. The van der Waals surface area contributed by atoms with E-state index in [2.05, 4.69) is 10.6 Å². The number of hydrogen-bond acceptors (Lipinski definition) is 5. The Morgan fingerprint density at radius 3 is 2.19 bits per heavy atom. The summed E-state index contributed by atoms with van der Waals surface area (Å²) in [4.78, 5) is 35.6. The second-order valence-corrected chi connectivity index (χ2v) is 8.00. The maximum Gasteiger partial charge on any atom is 0.407 e. The highest BCUT2D eigenvalue weighted by atomic mass is 16.5. The molecule has 8 heteroatoms. The maximum absolute atomic E-state index is 12.1. The third-order valence-corrected chi connectivity index (χ3v) is 4.07. The molecule has 0 aromatic heterocycles. The van der Waals surface area contributed by atoms with E-state index < -0.39 is 23.9 Å². The summed E-state index contributed by atoms with van der Waals surface area (Å²) >= 11 is 0. The first-order valence-electron chi connectivity index (χ1n) is 9.93. The van der Waals surface area contributed by atoms with E-state index in [-0.39, 0.29) is 25.2 Å². The number of benzene rings is 2. The average Bonchev–Trinajstić information content (AvgIpc) is 2.71. The Balaban J connectivity index is 1.80. The molecule has 3 amide bonds. The van der Waals surface area contributed by atoms with Crippen molar-refractivity contribution in [2.45, 2.75) is 45.4 Å². The maximum atomic E-state index is 12.1. The Hall–Kier alpha value is -3.55. The molecule has 8 nitrogen and oxygen atoms in total. The van der Waals surface area contributed by atoms with E-state index in [1.165, 1.54) is 0 Å². The van der Waals surface area contributed by atoms with Crippen molar-refractivity contribution >= 4 is 17.9 Å². The van der Waals surface area contributed by atoms with Gasteiger partial charge in [0, 0.05) is 6.42 Å². The molecule has 0 aliphatic carbocycles. The van der Waals surface area contributed by atoms with Gasteiger partial charge in [-0.15, -0.1) is 0 Å². The van der Waals surface area contributed by atoms with Crippen LogP contribution in [0.2, 0.25) is 0 Å². The zero-order chi connectivity index (χ0) is 22.9. The Morgan fingerprint density at radius 2 is 1.61 bits per heavy atom. The number of primary amides is 1. The molecule has 0 spiro atoms. The molecule has 0 aliphatic rings. The van der Waals surface area contributed by atoms with Gasteiger partial charge < -0.3 is 25.8 Å². The number of rotatable bonds is 9. The molecule has 0 radical (unpaired) electrons. The van der Waals surface area contributed by atoms with Crippen LogP contribution < -0.4 is 21.1 Å². The minimum absolute atomic E-state index is 0.0904. The van der Waals surface area contributed by atoms with Crippen LogP contribution in [0.5, 0.6) is 5.75 Å². The molecule has 0 fully saturated rings. The standard InChI is InChI=1S/C23H29N3O5/c1-23(2,3)31-18-11-9-16(10-12-18)13-19(21(24)28)26-20(27)14-25-22(29)30-15-17-7-5-4-6-8-17/h4-12,19H,13-15H2,1-3H3,(H2,24,28)(H,25,29)(H,26,27)/t19-/m1/s1. The highest BCUT2D eigenvalue weighted by Crippen LogP contribution is 2.19. The van der Waals surface area contributed by atoms with Gasteiger partial charge in [-0.05, 0) is 44.0 Å². The smallest absolute Gasteiger partial charge is 0.407 e. The lowest BCUT2D eigenvalue weighted by Gasteiger charge is -2.21. The summed E-state index contributed by atoms with van der Waals surface area (Å²) in [6.07, 6.45) is -0.515. The van der Waals surface area contributed by atoms with Crippen molar-refractivity contribution in [1.29, 1.82) is 0 Å². The topological polar surface area (TPSA) is 120 Å². The normalized spacial score (nSPS) is 11.8. The van der Waals surface area contributed by atoms with Crippen molar-refractivity contribution in [2.75, 3.05) is 6.54 Å². The van der Waals surface area contributed by atoms with Crippen molar-refractivity contribution in [3.63, 3.8) is 0 Å². The summed E-state index contributed by atoms with van der Waals surface area (Å²) in [5, 5.41) is 4.88. The molecule has 31 heavy (non-hydrogen) atoms. The molecule has 166 valence electrons. The zero-order valence-corrected chi connectivity index (χ0v) is 18.0. The van der Waals surface area contributed by atoms with Crippen LogP contribution in [0.3, 0.4) is 0 Å². The molecule has 2 aromatic carbocycles. The molecule has 1 atom stereocenters. The summed E-state index contributed by atoms with van der Waals surface area (Å²) in [7, 11) is 0. The van der Waals surface area contributed by atoms with Crippen LogP contribution in [0.1, 0.15) is 31.9 Å². The van der Waals surface area contributed by atoms with Crippen molar-refractivity contribution in [1.82, 2.24) is 10.6 Å². The number of alkyl carbamates (subject to hydrolysis) is 1. The number of amides is 3. The molecule has 4 N–H and O–H groups in total. The molecule has 0 unspecified atom stereocenters. The minimum atomic E-state index is -0.913. The first-order chi connectivity index (χ1) is 14.6. The van der Waals surface area contributed by atoms with Gasteiger partial charge in [-0.25, -0.2) is 4.79 Å². The van der Waals surface area contributed by atoms with Gasteiger partial charge in [0.05, 0.1) is 0 Å². The summed E-state index contributed by atoms with van der Waals surface area (Å²) in [6.45, 7) is 5.60. The molecule has 2 aromatic rings. The van der Waals surface area contributed by atoms with Gasteiger partial charge in [0.25, 0.3) is 0 Å². The first kappa shape index (κ1) is 23.7. The van der Waals surface area contributed by atoms with Gasteiger partial charge in [0.15, 0.2) is 0 Å². The molecule has 0 saturated heterocycles. The quantitative estimate of drug-likeness (QED) is 0.567. The monoisotopic (exact) mass is 427 g/mol. The Bertz CT molecular complexity index is 876. The van der Waals surface area contributed by atoms with Crippen molar-refractivity contribution in [3.8, 4) is 5.75 Å². The Labute approximate surface area is 182 Å². The van der Waals surface area contributed by atoms with Gasteiger partial charge in [0.1, 0.15) is 30.5 Å². The highest BCUT2D eigenvalue weighted by molar-refractivity contribution is 5.88. The van der Waals surface area contributed by atoms with Gasteiger partial charge in [-0.3, -0.25) is 9.59 Å². The number of nitrogens with two attached hydrogens (primary N) is 1. The fourth-order valence-corrected chi connectivity index (χ4v) is 2.68. The van der Waals surface area contributed by atoms with Crippen molar-refractivity contribution in [3.05, 3.63) is 65.7 Å². The van der Waals surface area contributed by atoms with Gasteiger partial charge in [-0.1, -0.05) is 42.5 Å². The predicted octanol–water partition coefficient (Wildman–Crippen LogP) is 2.30. The third-order valence-electron chi connectivity index (χ3n) is 4.07. The summed E-state index contributed by atoms with van der Waals surface area (Å²) in [5.74, 6) is -0.516. The first-order valence-corrected chi connectivity index (χ1v) is 9.93. The van der Waals surface area contributed by atoms with Gasteiger partial charge in [-0.2, -0.15) is 0 Å². The summed E-state index contributed by atoms with van der Waals surface area (Å²) in [6, 6.07) is 15.5. The van der Waals surface area contributed by atoms with E-state index in [9.17, 15) is 14.4 Å². The van der Waals surface area contributed by atoms with E-state index >= 15 is 0 Å². The highest BCUT2D eigenvalue weighted by Gasteiger charge is 2.19. The van der Waals surface area contributed by atoms with Crippen molar-refractivity contribution in [2.24, 2.45) is 5.73 Å². The Morgan fingerprint density at radius 1 is 0.968 bits per heavy atom. The van der Waals surface area contributed by atoms with E-state index in [1.807, 2.05) is 63.2 Å². The minimum Gasteiger partial charge on any atom is -0.488 e. The van der Waals surface area contributed by atoms with Crippen LogP contribution >= 0.6 is 0 Å². The van der Waals surface area contributed by atoms with Crippen LogP contribution in [0.4, 0.5) is 4.79 Å². The van der Waals surface area contributed by atoms with E-state index in [0.29, 0.717) is 5.75 Å². The van der Waals surface area contributed by atoms with E-state index in [1.54, 1.807) is 12.1 Å². The molecular weight excluding hydrogens is 398 g/mol. The lowest BCUT2D eigenvalue weighted by atomic mass is 10.0. The predicted molar refractivity (Wildman–Crippen MR) is 116 cm³/mol. The van der Waals surface area contributed by atoms with Gasteiger partial charge >= 0.3 is 6.09 Å². The second kappa shape index (κ2) is 11.0. The molecule has 0 aliphatic heterocycles. The molecule has 0 saturated carbocycles. The van der Waals surface area contributed by atoms with Crippen LogP contribution in [0, 0.1) is 0 Å². The molecular formula is C23H29N3O5.